The number of benzene rings is 2. The molecule has 0 aromatic heterocycles. The van der Waals surface area contributed by atoms with E-state index in [1.165, 1.54) is 0 Å². The molecule has 2 aromatic carbocycles. The summed E-state index contributed by atoms with van der Waals surface area (Å²) in [5.41, 5.74) is 1.10. The van der Waals surface area contributed by atoms with Crippen LogP contribution in [0.4, 0.5) is 0 Å². The smallest absolute Gasteiger partial charge is 0.237 e. The first-order valence-electron chi connectivity index (χ1n) is 8.53. The monoisotopic (exact) mass is 338 g/mol. The normalized spacial score (nSPS) is 11.0. The summed E-state index contributed by atoms with van der Waals surface area (Å²) in [5.74, 6) is -0.429. The molecular weight excluding hydrogens is 312 g/mol. The van der Waals surface area contributed by atoms with Crippen LogP contribution in [0.5, 0.6) is 0 Å². The summed E-state index contributed by atoms with van der Waals surface area (Å²) in [6.45, 7) is 4.35. The van der Waals surface area contributed by atoms with Gasteiger partial charge in [-0.15, -0.1) is 0 Å². The van der Waals surface area contributed by atoms with Crippen LogP contribution in [0.2, 0.25) is 0 Å². The molecule has 0 unspecified atom stereocenters. The lowest BCUT2D eigenvalue weighted by atomic mass is 9.90. The highest BCUT2D eigenvalue weighted by atomic mass is 16.2. The molecule has 0 heterocycles. The van der Waals surface area contributed by atoms with Gasteiger partial charge in [-0.2, -0.15) is 0 Å². The quantitative estimate of drug-likeness (QED) is 0.789. The highest BCUT2D eigenvalue weighted by Crippen LogP contribution is 2.20. The Hall–Kier alpha value is -2.62. The first kappa shape index (κ1) is 18.7. The summed E-state index contributed by atoms with van der Waals surface area (Å²) in [5, 5.41) is 2.88. The summed E-state index contributed by atoms with van der Waals surface area (Å²) in [4.78, 5) is 26.8. The first-order chi connectivity index (χ1) is 11.9. The van der Waals surface area contributed by atoms with Crippen molar-refractivity contribution >= 4 is 11.8 Å². The van der Waals surface area contributed by atoms with Crippen molar-refractivity contribution in [2.75, 3.05) is 13.6 Å². The minimum atomic E-state index is -1.10. The molecule has 0 aliphatic carbocycles. The second kappa shape index (κ2) is 8.47. The number of amides is 2. The van der Waals surface area contributed by atoms with Crippen molar-refractivity contribution in [2.45, 2.75) is 26.8 Å². The van der Waals surface area contributed by atoms with E-state index in [4.69, 9.17) is 0 Å². The zero-order valence-corrected chi connectivity index (χ0v) is 15.2. The fraction of sp³-hybridized carbons (Fsp3) is 0.333. The number of nitrogens with one attached hydrogen (secondary N) is 1. The lowest BCUT2D eigenvalue weighted by Crippen LogP contribution is -2.48. The van der Waals surface area contributed by atoms with Gasteiger partial charge in [-0.3, -0.25) is 9.59 Å². The average Bonchev–Trinajstić information content (AvgIpc) is 2.62. The van der Waals surface area contributed by atoms with Crippen molar-refractivity contribution in [3.63, 3.8) is 0 Å². The van der Waals surface area contributed by atoms with E-state index < -0.39 is 5.41 Å². The Balaban J connectivity index is 1.89. The maximum Gasteiger partial charge on any atom is 0.237 e. The Kier molecular flexibility index (Phi) is 6.34. The highest BCUT2D eigenvalue weighted by molar-refractivity contribution is 6.04. The van der Waals surface area contributed by atoms with E-state index in [1.54, 1.807) is 25.8 Å². The third-order valence-electron chi connectivity index (χ3n) is 4.25. The SMILES string of the molecule is CN(Cc1ccccc1)C(=O)C(C)(C)C(=O)NCCc1ccccc1. The van der Waals surface area contributed by atoms with Crippen LogP contribution in [-0.2, 0) is 22.6 Å². The minimum absolute atomic E-state index is 0.187. The summed E-state index contributed by atoms with van der Waals surface area (Å²) in [6.07, 6.45) is 0.747. The Morgan fingerprint density at radius 3 is 2.00 bits per heavy atom. The van der Waals surface area contributed by atoms with Crippen LogP contribution in [0.25, 0.3) is 0 Å². The number of carbonyl (C=O) groups excluding carboxylic acids is 2. The third-order valence-corrected chi connectivity index (χ3v) is 4.25. The van der Waals surface area contributed by atoms with Crippen LogP contribution in [-0.4, -0.2) is 30.3 Å². The fourth-order valence-electron chi connectivity index (χ4n) is 2.69. The molecule has 0 aliphatic rings. The molecule has 2 aromatic rings. The number of rotatable bonds is 7. The lowest BCUT2D eigenvalue weighted by Gasteiger charge is -2.28. The molecule has 2 amide bonds. The standard InChI is InChI=1S/C21H26N2O2/c1-21(2,19(24)22-15-14-17-10-6-4-7-11-17)20(25)23(3)16-18-12-8-5-9-13-18/h4-13H,14-16H2,1-3H3,(H,22,24). The van der Waals surface area contributed by atoms with Gasteiger partial charge in [0.1, 0.15) is 5.41 Å². The van der Waals surface area contributed by atoms with E-state index in [0.29, 0.717) is 13.1 Å². The molecular formula is C21H26N2O2. The second-order valence-corrected chi connectivity index (χ2v) is 6.76. The van der Waals surface area contributed by atoms with Gasteiger partial charge in [0, 0.05) is 20.1 Å². The van der Waals surface area contributed by atoms with Gasteiger partial charge in [0.25, 0.3) is 0 Å². The zero-order valence-electron chi connectivity index (χ0n) is 15.2. The second-order valence-electron chi connectivity index (χ2n) is 6.76. The van der Waals surface area contributed by atoms with Crippen molar-refractivity contribution in [1.29, 1.82) is 0 Å². The molecule has 132 valence electrons. The summed E-state index contributed by atoms with van der Waals surface area (Å²) >= 11 is 0. The predicted octanol–water partition coefficient (Wildman–Crippen LogP) is 3.03. The van der Waals surface area contributed by atoms with Gasteiger partial charge >= 0.3 is 0 Å². The van der Waals surface area contributed by atoms with Crippen LogP contribution >= 0.6 is 0 Å². The van der Waals surface area contributed by atoms with E-state index in [2.05, 4.69) is 5.32 Å². The third kappa shape index (κ3) is 5.18. The van der Waals surface area contributed by atoms with Crippen molar-refractivity contribution in [3.8, 4) is 0 Å². The van der Waals surface area contributed by atoms with Crippen LogP contribution < -0.4 is 5.32 Å². The van der Waals surface area contributed by atoms with Crippen molar-refractivity contribution in [3.05, 3.63) is 71.8 Å². The molecule has 0 spiro atoms. The molecule has 4 heteroatoms. The molecule has 0 aliphatic heterocycles. The Morgan fingerprint density at radius 2 is 1.44 bits per heavy atom. The van der Waals surface area contributed by atoms with Crippen molar-refractivity contribution < 1.29 is 9.59 Å². The van der Waals surface area contributed by atoms with Gasteiger partial charge in [0.2, 0.25) is 11.8 Å². The number of hydrogen-bond donors (Lipinski definition) is 1. The lowest BCUT2D eigenvalue weighted by molar-refractivity contribution is -0.148. The molecule has 0 saturated heterocycles. The molecule has 0 atom stereocenters. The van der Waals surface area contributed by atoms with Crippen LogP contribution in [0.15, 0.2) is 60.7 Å². The average molecular weight is 338 g/mol. The van der Waals surface area contributed by atoms with Gasteiger partial charge in [0.05, 0.1) is 0 Å². The van der Waals surface area contributed by atoms with Crippen molar-refractivity contribution in [1.82, 2.24) is 10.2 Å². The Bertz CT molecular complexity index is 696. The van der Waals surface area contributed by atoms with Gasteiger partial charge < -0.3 is 10.2 Å². The number of nitrogens with zero attached hydrogens (tertiary/aromatic N) is 1. The topological polar surface area (TPSA) is 49.4 Å². The molecule has 2 rings (SSSR count). The Labute approximate surface area is 149 Å². The summed E-state index contributed by atoms with van der Waals surface area (Å²) < 4.78 is 0. The zero-order chi connectivity index (χ0) is 18.3. The molecule has 0 saturated carbocycles. The van der Waals surface area contributed by atoms with E-state index in [0.717, 1.165) is 17.5 Å². The maximum atomic E-state index is 12.7. The number of hydrogen-bond acceptors (Lipinski definition) is 2. The molecule has 4 nitrogen and oxygen atoms in total. The van der Waals surface area contributed by atoms with E-state index >= 15 is 0 Å². The van der Waals surface area contributed by atoms with E-state index in [9.17, 15) is 9.59 Å². The fourth-order valence-corrected chi connectivity index (χ4v) is 2.69. The maximum absolute atomic E-state index is 12.7. The molecule has 0 fully saturated rings. The number of carbonyl (C=O) groups is 2. The Morgan fingerprint density at radius 1 is 0.920 bits per heavy atom. The van der Waals surface area contributed by atoms with Crippen LogP contribution in [0, 0.1) is 5.41 Å². The minimum Gasteiger partial charge on any atom is -0.355 e. The predicted molar refractivity (Wildman–Crippen MR) is 99.9 cm³/mol. The van der Waals surface area contributed by atoms with Crippen molar-refractivity contribution in [2.24, 2.45) is 5.41 Å². The van der Waals surface area contributed by atoms with E-state index in [-0.39, 0.29) is 11.8 Å². The van der Waals surface area contributed by atoms with Gasteiger partial charge in [-0.05, 0) is 31.4 Å². The molecule has 25 heavy (non-hydrogen) atoms. The summed E-state index contributed by atoms with van der Waals surface area (Å²) in [6, 6.07) is 19.7. The van der Waals surface area contributed by atoms with Gasteiger partial charge in [-0.25, -0.2) is 0 Å². The van der Waals surface area contributed by atoms with Gasteiger partial charge in [-0.1, -0.05) is 60.7 Å². The van der Waals surface area contributed by atoms with E-state index in [1.807, 2.05) is 60.7 Å². The van der Waals surface area contributed by atoms with Crippen LogP contribution in [0.3, 0.4) is 0 Å². The largest absolute Gasteiger partial charge is 0.355 e. The van der Waals surface area contributed by atoms with Gasteiger partial charge in [0.15, 0.2) is 0 Å². The van der Waals surface area contributed by atoms with Crippen LogP contribution in [0.1, 0.15) is 25.0 Å². The molecule has 1 N–H and O–H groups in total. The molecule has 0 bridgehead atoms. The first-order valence-corrected chi connectivity index (χ1v) is 8.53. The molecule has 0 radical (unpaired) electrons. The highest BCUT2D eigenvalue weighted by Gasteiger charge is 2.37. The summed E-state index contributed by atoms with van der Waals surface area (Å²) in [7, 11) is 1.73.